The summed E-state index contributed by atoms with van der Waals surface area (Å²) in [4.78, 5) is 12.2. The van der Waals surface area contributed by atoms with E-state index in [9.17, 15) is 4.79 Å². The van der Waals surface area contributed by atoms with E-state index in [0.29, 0.717) is 38.1 Å². The zero-order valence-electron chi connectivity index (χ0n) is 14.5. The van der Waals surface area contributed by atoms with Gasteiger partial charge in [-0.15, -0.1) is 0 Å². The van der Waals surface area contributed by atoms with Gasteiger partial charge in [0.25, 0.3) is 5.91 Å². The van der Waals surface area contributed by atoms with Crippen LogP contribution in [0.2, 0.25) is 20.1 Å². The molecule has 1 N–H and O–H groups in total. The molecule has 0 atom stereocenters. The van der Waals surface area contributed by atoms with Crippen LogP contribution in [0.15, 0.2) is 60.9 Å². The summed E-state index contributed by atoms with van der Waals surface area (Å²) in [6.07, 6.45) is 3.71. The molecular formula is C20H15Cl4N2O2+. The van der Waals surface area contributed by atoms with E-state index >= 15 is 0 Å². The Balaban J connectivity index is 1.59. The molecule has 8 heteroatoms. The Morgan fingerprint density at radius 1 is 0.929 bits per heavy atom. The molecule has 1 amide bonds. The molecule has 0 aliphatic heterocycles. The predicted octanol–water partition coefficient (Wildman–Crippen LogP) is 5.65. The second-order valence-corrected chi connectivity index (χ2v) is 7.55. The number of carbonyl (C=O) groups excluding carboxylic acids is 1. The van der Waals surface area contributed by atoms with E-state index < -0.39 is 0 Å². The first-order chi connectivity index (χ1) is 13.4. The van der Waals surface area contributed by atoms with Gasteiger partial charge in [0.15, 0.2) is 25.5 Å². The van der Waals surface area contributed by atoms with Crippen molar-refractivity contribution in [3.63, 3.8) is 0 Å². The number of halogens is 4. The fourth-order valence-corrected chi connectivity index (χ4v) is 3.06. The molecule has 28 heavy (non-hydrogen) atoms. The number of benzene rings is 2. The highest BCUT2D eigenvalue weighted by molar-refractivity contribution is 6.42. The van der Waals surface area contributed by atoms with Crippen LogP contribution in [0.1, 0.15) is 5.56 Å². The zero-order valence-corrected chi connectivity index (χ0v) is 17.5. The largest absolute Gasteiger partial charge is 0.484 e. The average Bonchev–Trinajstić information content (AvgIpc) is 2.66. The van der Waals surface area contributed by atoms with Crippen molar-refractivity contribution in [3.8, 4) is 5.75 Å². The summed E-state index contributed by atoms with van der Waals surface area (Å²) in [7, 11) is 0. The lowest BCUT2D eigenvalue weighted by Crippen LogP contribution is -2.34. The molecule has 0 saturated carbocycles. The molecule has 3 rings (SSSR count). The molecule has 0 saturated heterocycles. The van der Waals surface area contributed by atoms with Crippen LogP contribution in [0.25, 0.3) is 0 Å². The lowest BCUT2D eigenvalue weighted by Gasteiger charge is -2.08. The summed E-state index contributed by atoms with van der Waals surface area (Å²) in [5.74, 6) is 0.172. The number of hydrogen-bond acceptors (Lipinski definition) is 2. The van der Waals surface area contributed by atoms with Crippen LogP contribution in [-0.2, 0) is 11.3 Å². The Labute approximate surface area is 182 Å². The number of aromatic nitrogens is 1. The van der Waals surface area contributed by atoms with E-state index in [1.165, 1.54) is 0 Å². The quantitative estimate of drug-likeness (QED) is 0.486. The van der Waals surface area contributed by atoms with Crippen LogP contribution < -0.4 is 14.6 Å². The number of ether oxygens (including phenoxy) is 1. The van der Waals surface area contributed by atoms with E-state index in [4.69, 9.17) is 51.1 Å². The van der Waals surface area contributed by atoms with Gasteiger partial charge in [-0.25, -0.2) is 0 Å². The number of nitrogens with zero attached hydrogens (tertiary/aromatic N) is 1. The molecule has 0 aliphatic rings. The third-order valence-electron chi connectivity index (χ3n) is 3.75. The smallest absolute Gasteiger partial charge is 0.262 e. The Hall–Kier alpha value is -1.98. The van der Waals surface area contributed by atoms with Gasteiger partial charge >= 0.3 is 0 Å². The van der Waals surface area contributed by atoms with Crippen molar-refractivity contribution in [3.05, 3.63) is 86.6 Å². The number of anilines is 1. The molecule has 0 unspecified atom stereocenters. The molecule has 4 nitrogen and oxygen atoms in total. The number of rotatable bonds is 6. The van der Waals surface area contributed by atoms with Gasteiger partial charge in [-0.2, -0.15) is 4.57 Å². The van der Waals surface area contributed by atoms with Gasteiger partial charge in [-0.1, -0.05) is 52.5 Å². The van der Waals surface area contributed by atoms with E-state index in [1.807, 2.05) is 35.2 Å². The number of amides is 1. The van der Waals surface area contributed by atoms with Crippen molar-refractivity contribution in [1.82, 2.24) is 0 Å². The van der Waals surface area contributed by atoms with Crippen LogP contribution >= 0.6 is 46.4 Å². The second kappa shape index (κ2) is 9.48. The zero-order chi connectivity index (χ0) is 20.1. The van der Waals surface area contributed by atoms with Crippen LogP contribution in [0.3, 0.4) is 0 Å². The number of nitrogens with one attached hydrogen (secondary N) is 1. The van der Waals surface area contributed by atoms with Gasteiger partial charge in [-0.3, -0.25) is 4.79 Å². The number of pyridine rings is 1. The third-order valence-corrected chi connectivity index (χ3v) is 5.23. The summed E-state index contributed by atoms with van der Waals surface area (Å²) in [6.45, 7) is 0.431. The maximum Gasteiger partial charge on any atom is 0.262 e. The van der Waals surface area contributed by atoms with Crippen molar-refractivity contribution in [2.45, 2.75) is 6.54 Å². The number of hydrogen-bond donors (Lipinski definition) is 1. The normalized spacial score (nSPS) is 10.6. The molecule has 0 bridgehead atoms. The fraction of sp³-hybridized carbons (Fsp3) is 0.100. The highest BCUT2D eigenvalue weighted by Gasteiger charge is 2.10. The van der Waals surface area contributed by atoms with E-state index in [0.717, 1.165) is 5.56 Å². The van der Waals surface area contributed by atoms with Crippen molar-refractivity contribution >= 4 is 58.0 Å². The Morgan fingerprint density at radius 2 is 1.64 bits per heavy atom. The molecule has 1 heterocycles. The predicted molar refractivity (Wildman–Crippen MR) is 113 cm³/mol. The van der Waals surface area contributed by atoms with Crippen LogP contribution in [0.5, 0.6) is 5.75 Å². The maximum absolute atomic E-state index is 12.2. The topological polar surface area (TPSA) is 42.2 Å². The summed E-state index contributed by atoms with van der Waals surface area (Å²) < 4.78 is 7.36. The lowest BCUT2D eigenvalue weighted by molar-refractivity contribution is -0.687. The van der Waals surface area contributed by atoms with Crippen molar-refractivity contribution in [2.75, 3.05) is 11.9 Å². The molecule has 0 radical (unpaired) electrons. The molecule has 0 spiro atoms. The van der Waals surface area contributed by atoms with Crippen LogP contribution in [-0.4, -0.2) is 12.5 Å². The molecule has 0 aliphatic carbocycles. The van der Waals surface area contributed by atoms with Crippen molar-refractivity contribution in [2.24, 2.45) is 0 Å². The summed E-state index contributed by atoms with van der Waals surface area (Å²) >= 11 is 23.8. The van der Waals surface area contributed by atoms with E-state index in [1.54, 1.807) is 30.3 Å². The molecule has 2 aromatic carbocycles. The minimum absolute atomic E-state index is 0.153. The van der Waals surface area contributed by atoms with Crippen molar-refractivity contribution < 1.29 is 14.1 Å². The highest BCUT2D eigenvalue weighted by atomic mass is 35.5. The van der Waals surface area contributed by atoms with Crippen molar-refractivity contribution in [1.29, 1.82) is 0 Å². The Kier molecular flexibility index (Phi) is 7.03. The lowest BCUT2D eigenvalue weighted by atomic mass is 10.2. The van der Waals surface area contributed by atoms with E-state index in [2.05, 4.69) is 5.32 Å². The minimum atomic E-state index is -0.293. The first-order valence-corrected chi connectivity index (χ1v) is 9.72. The average molecular weight is 457 g/mol. The Bertz CT molecular complexity index is 1010. The summed E-state index contributed by atoms with van der Waals surface area (Å²) in [6, 6.07) is 13.9. The van der Waals surface area contributed by atoms with Gasteiger partial charge in [0.1, 0.15) is 11.4 Å². The SMILES string of the molecule is O=C(COc1ccc(Cl)c(Cl)c1)Nc1ccc[n+](Cc2ccc(Cl)c(Cl)c2)c1. The van der Waals surface area contributed by atoms with Gasteiger partial charge in [0.05, 0.1) is 20.1 Å². The standard InChI is InChI=1S/C20H14Cl4N2O2/c21-16-5-3-13(8-18(16)23)10-26-7-1-2-14(11-26)25-20(27)12-28-15-4-6-17(22)19(24)9-15/h1-9,11H,10,12H2/p+1. The Morgan fingerprint density at radius 3 is 2.36 bits per heavy atom. The summed E-state index contributed by atoms with van der Waals surface area (Å²) in [5.41, 5.74) is 1.64. The van der Waals surface area contributed by atoms with Gasteiger partial charge in [0.2, 0.25) is 0 Å². The highest BCUT2D eigenvalue weighted by Crippen LogP contribution is 2.26. The third kappa shape index (κ3) is 5.76. The summed E-state index contributed by atoms with van der Waals surface area (Å²) in [5, 5.41) is 4.60. The monoisotopic (exact) mass is 455 g/mol. The first-order valence-electron chi connectivity index (χ1n) is 8.21. The van der Waals surface area contributed by atoms with Crippen LogP contribution in [0, 0.1) is 0 Å². The minimum Gasteiger partial charge on any atom is -0.484 e. The van der Waals surface area contributed by atoms with E-state index in [-0.39, 0.29) is 12.5 Å². The van der Waals surface area contributed by atoms with Gasteiger partial charge in [-0.05, 0) is 30.3 Å². The molecule has 0 fully saturated rings. The fourth-order valence-electron chi connectivity index (χ4n) is 2.46. The van der Waals surface area contributed by atoms with Gasteiger partial charge < -0.3 is 10.1 Å². The molecular weight excluding hydrogens is 442 g/mol. The second-order valence-electron chi connectivity index (χ2n) is 5.93. The molecule has 3 aromatic rings. The first kappa shape index (κ1) is 20.7. The number of carbonyl (C=O) groups is 1. The van der Waals surface area contributed by atoms with Gasteiger partial charge in [0, 0.05) is 17.7 Å². The molecule has 1 aromatic heterocycles. The van der Waals surface area contributed by atoms with Crippen LogP contribution in [0.4, 0.5) is 5.69 Å². The maximum atomic E-state index is 12.2. The molecule has 144 valence electrons.